The summed E-state index contributed by atoms with van der Waals surface area (Å²) in [7, 11) is 0. The van der Waals surface area contributed by atoms with Crippen molar-refractivity contribution < 1.29 is 43.1 Å². The zero-order chi connectivity index (χ0) is 25.2. The first-order chi connectivity index (χ1) is 17.3. The summed E-state index contributed by atoms with van der Waals surface area (Å²) in [5, 5.41) is 11.9. The molecular formula is C25H43NO9. The first kappa shape index (κ1) is 31.2. The van der Waals surface area contributed by atoms with Crippen LogP contribution in [0.1, 0.15) is 30.1 Å². The number of benzene rings is 1. The maximum Gasteiger partial charge on any atom is 0.338 e. The molecule has 1 rings (SSSR count). The summed E-state index contributed by atoms with van der Waals surface area (Å²) in [6.07, 6.45) is 2.25. The lowest BCUT2D eigenvalue weighted by atomic mass is 10.2. The van der Waals surface area contributed by atoms with Crippen molar-refractivity contribution in [2.75, 3.05) is 104 Å². The molecule has 0 aliphatic heterocycles. The van der Waals surface area contributed by atoms with Gasteiger partial charge in [-0.05, 0) is 30.7 Å². The molecule has 0 fully saturated rings. The third-order valence-corrected chi connectivity index (χ3v) is 4.54. The second-order valence-corrected chi connectivity index (χ2v) is 7.39. The second kappa shape index (κ2) is 23.9. The largest absolute Gasteiger partial charge is 0.460 e. The maximum absolute atomic E-state index is 12.0. The molecule has 0 bridgehead atoms. The minimum Gasteiger partial charge on any atom is -0.460 e. The fourth-order valence-corrected chi connectivity index (χ4v) is 2.68. The Balaban J connectivity index is 1.82. The van der Waals surface area contributed by atoms with Crippen molar-refractivity contribution in [2.45, 2.75) is 19.8 Å². The minimum absolute atomic E-state index is 0.0225. The van der Waals surface area contributed by atoms with E-state index in [9.17, 15) is 4.79 Å². The first-order valence-electron chi connectivity index (χ1n) is 12.4. The topological polar surface area (TPSA) is 114 Å². The Kier molecular flexibility index (Phi) is 21.4. The normalized spacial score (nSPS) is 11.0. The van der Waals surface area contributed by atoms with Crippen molar-refractivity contribution in [1.29, 1.82) is 0 Å². The van der Waals surface area contributed by atoms with Crippen LogP contribution in [-0.2, 0) is 33.2 Å². The summed E-state index contributed by atoms with van der Waals surface area (Å²) in [6.45, 7) is 8.67. The fraction of sp³-hybridized carbons (Fsp3) is 0.720. The number of esters is 1. The van der Waals surface area contributed by atoms with Crippen LogP contribution in [0.2, 0.25) is 0 Å². The third kappa shape index (κ3) is 19.1. The SMILES string of the molecule is CCCCNc1ccc(C(=O)OCCOCCOCCOCCOCCOCCOCCO)cc1. The molecule has 0 heterocycles. The van der Waals surface area contributed by atoms with Gasteiger partial charge in [-0.25, -0.2) is 4.79 Å². The molecule has 0 saturated carbocycles. The summed E-state index contributed by atoms with van der Waals surface area (Å²) >= 11 is 0. The van der Waals surface area contributed by atoms with Gasteiger partial charge in [-0.1, -0.05) is 13.3 Å². The van der Waals surface area contributed by atoms with Crippen molar-refractivity contribution in [3.05, 3.63) is 29.8 Å². The van der Waals surface area contributed by atoms with Crippen molar-refractivity contribution in [1.82, 2.24) is 0 Å². The highest BCUT2D eigenvalue weighted by Crippen LogP contribution is 2.10. The van der Waals surface area contributed by atoms with Gasteiger partial charge in [0, 0.05) is 12.2 Å². The van der Waals surface area contributed by atoms with Gasteiger partial charge in [-0.3, -0.25) is 0 Å². The van der Waals surface area contributed by atoms with Crippen LogP contribution in [0.4, 0.5) is 5.69 Å². The third-order valence-electron chi connectivity index (χ3n) is 4.54. The van der Waals surface area contributed by atoms with Gasteiger partial charge in [0.05, 0.1) is 91.5 Å². The molecule has 10 nitrogen and oxygen atoms in total. The molecule has 0 aromatic heterocycles. The number of aliphatic hydroxyl groups excluding tert-OH is 1. The minimum atomic E-state index is -0.359. The van der Waals surface area contributed by atoms with E-state index in [1.165, 1.54) is 0 Å². The molecule has 1 aromatic carbocycles. The lowest BCUT2D eigenvalue weighted by Gasteiger charge is -2.09. The van der Waals surface area contributed by atoms with Crippen LogP contribution < -0.4 is 5.32 Å². The summed E-state index contributed by atoms with van der Waals surface area (Å²) < 4.78 is 37.2. The molecule has 0 aliphatic carbocycles. The summed E-state index contributed by atoms with van der Waals surface area (Å²) in [5.74, 6) is -0.359. The molecule has 35 heavy (non-hydrogen) atoms. The molecule has 0 saturated heterocycles. The summed E-state index contributed by atoms with van der Waals surface area (Å²) in [4.78, 5) is 12.0. The highest BCUT2D eigenvalue weighted by Gasteiger charge is 2.06. The van der Waals surface area contributed by atoms with E-state index in [4.69, 9.17) is 38.3 Å². The van der Waals surface area contributed by atoms with Gasteiger partial charge >= 0.3 is 5.97 Å². The van der Waals surface area contributed by atoms with Crippen molar-refractivity contribution in [3.63, 3.8) is 0 Å². The van der Waals surface area contributed by atoms with Gasteiger partial charge in [0.1, 0.15) is 6.61 Å². The van der Waals surface area contributed by atoms with E-state index in [2.05, 4.69) is 12.2 Å². The first-order valence-corrected chi connectivity index (χ1v) is 12.4. The van der Waals surface area contributed by atoms with Gasteiger partial charge in [0.15, 0.2) is 0 Å². The quantitative estimate of drug-likeness (QED) is 0.153. The van der Waals surface area contributed by atoms with Crippen LogP contribution in [0.5, 0.6) is 0 Å². The lowest BCUT2D eigenvalue weighted by molar-refractivity contribution is -0.0204. The van der Waals surface area contributed by atoms with Crippen molar-refractivity contribution >= 4 is 11.7 Å². The monoisotopic (exact) mass is 501 g/mol. The molecular weight excluding hydrogens is 458 g/mol. The molecule has 0 amide bonds. The molecule has 1 aromatic rings. The van der Waals surface area contributed by atoms with Crippen molar-refractivity contribution in [3.8, 4) is 0 Å². The number of rotatable bonds is 25. The molecule has 0 atom stereocenters. The van der Waals surface area contributed by atoms with Gasteiger partial charge in [0.25, 0.3) is 0 Å². The Morgan fingerprint density at radius 2 is 1.11 bits per heavy atom. The van der Waals surface area contributed by atoms with Gasteiger partial charge in [-0.2, -0.15) is 0 Å². The van der Waals surface area contributed by atoms with E-state index in [0.29, 0.717) is 84.8 Å². The maximum atomic E-state index is 12.0. The van der Waals surface area contributed by atoms with Crippen LogP contribution in [0.15, 0.2) is 24.3 Å². The molecule has 202 valence electrons. The zero-order valence-electron chi connectivity index (χ0n) is 21.0. The molecule has 10 heteroatoms. The van der Waals surface area contributed by atoms with Crippen LogP contribution in [0, 0.1) is 0 Å². The molecule has 0 aliphatic rings. The average Bonchev–Trinajstić information content (AvgIpc) is 2.88. The Labute approximate surface area is 209 Å². The number of ether oxygens (including phenoxy) is 7. The predicted octanol–water partition coefficient (Wildman–Crippen LogP) is 2.15. The standard InChI is InChI=1S/C25H43NO9/c1-2-3-8-26-24-6-4-23(5-7-24)25(28)35-22-21-34-20-19-33-18-17-32-16-15-31-14-13-30-12-11-29-10-9-27/h4-7,26-27H,2-3,8-22H2,1H3. The van der Waals surface area contributed by atoms with Gasteiger partial charge in [0.2, 0.25) is 0 Å². The average molecular weight is 502 g/mol. The Hall–Kier alpha value is -1.79. The van der Waals surface area contributed by atoms with E-state index >= 15 is 0 Å². The van der Waals surface area contributed by atoms with E-state index < -0.39 is 0 Å². The molecule has 0 radical (unpaired) electrons. The van der Waals surface area contributed by atoms with Crippen LogP contribution >= 0.6 is 0 Å². The number of hydrogen-bond acceptors (Lipinski definition) is 10. The van der Waals surface area contributed by atoms with Crippen LogP contribution in [0.25, 0.3) is 0 Å². The van der Waals surface area contributed by atoms with Crippen molar-refractivity contribution in [2.24, 2.45) is 0 Å². The second-order valence-electron chi connectivity index (χ2n) is 7.39. The van der Waals surface area contributed by atoms with Crippen LogP contribution in [0.3, 0.4) is 0 Å². The summed E-state index contributed by atoms with van der Waals surface area (Å²) in [6, 6.07) is 7.28. The smallest absolute Gasteiger partial charge is 0.338 e. The van der Waals surface area contributed by atoms with Gasteiger partial charge in [-0.15, -0.1) is 0 Å². The summed E-state index contributed by atoms with van der Waals surface area (Å²) in [5.41, 5.74) is 1.52. The van der Waals surface area contributed by atoms with E-state index in [-0.39, 0.29) is 19.2 Å². The molecule has 0 spiro atoms. The van der Waals surface area contributed by atoms with Crippen LogP contribution in [-0.4, -0.2) is 110 Å². The number of nitrogens with one attached hydrogen (secondary N) is 1. The number of carbonyl (C=O) groups is 1. The van der Waals surface area contributed by atoms with E-state index in [1.807, 2.05) is 12.1 Å². The van der Waals surface area contributed by atoms with E-state index in [1.54, 1.807) is 12.1 Å². The fourth-order valence-electron chi connectivity index (χ4n) is 2.68. The number of anilines is 1. The Morgan fingerprint density at radius 1 is 0.686 bits per heavy atom. The lowest BCUT2D eigenvalue weighted by Crippen LogP contribution is -2.15. The number of carbonyl (C=O) groups excluding carboxylic acids is 1. The number of unbranched alkanes of at least 4 members (excludes halogenated alkanes) is 1. The predicted molar refractivity (Wildman–Crippen MR) is 132 cm³/mol. The van der Waals surface area contributed by atoms with E-state index in [0.717, 1.165) is 25.1 Å². The number of hydrogen-bond donors (Lipinski definition) is 2. The Morgan fingerprint density at radius 3 is 1.54 bits per heavy atom. The number of aliphatic hydroxyl groups is 1. The molecule has 2 N–H and O–H groups in total. The zero-order valence-corrected chi connectivity index (χ0v) is 21.0. The highest BCUT2D eigenvalue weighted by molar-refractivity contribution is 5.89. The van der Waals surface area contributed by atoms with Gasteiger partial charge < -0.3 is 43.6 Å². The molecule has 0 unspecified atom stereocenters. The Bertz CT molecular complexity index is 601. The highest BCUT2D eigenvalue weighted by atomic mass is 16.6.